The quantitative estimate of drug-likeness (QED) is 0.744. The number of fused-ring (bicyclic) bond motifs is 1. The summed E-state index contributed by atoms with van der Waals surface area (Å²) in [6.45, 7) is 2.86. The lowest BCUT2D eigenvalue weighted by atomic mass is 10.2. The Morgan fingerprint density at radius 3 is 2.79 bits per heavy atom. The van der Waals surface area contributed by atoms with Crippen LogP contribution in [0.3, 0.4) is 0 Å². The van der Waals surface area contributed by atoms with Gasteiger partial charge in [0.2, 0.25) is 5.91 Å². The summed E-state index contributed by atoms with van der Waals surface area (Å²) >= 11 is 0. The summed E-state index contributed by atoms with van der Waals surface area (Å²) in [5.41, 5.74) is 1.72. The number of hydrogen-bond acceptors (Lipinski definition) is 5. The molecular weight excluding hydrogens is 328 g/mol. The Balaban J connectivity index is 1.77. The van der Waals surface area contributed by atoms with Crippen LogP contribution >= 0.6 is 0 Å². The number of amides is 1. The minimum absolute atomic E-state index is 0.117. The summed E-state index contributed by atoms with van der Waals surface area (Å²) in [5.74, 6) is 0.564. The van der Waals surface area contributed by atoms with Crippen molar-refractivity contribution in [1.82, 2.24) is 4.98 Å². The second-order valence-corrected chi connectivity index (χ2v) is 7.19. The third-order valence-electron chi connectivity index (χ3n) is 3.58. The highest BCUT2D eigenvalue weighted by Crippen LogP contribution is 2.26. The molecule has 2 aromatic rings. The van der Waals surface area contributed by atoms with Crippen molar-refractivity contribution in [2.24, 2.45) is 0 Å². The van der Waals surface area contributed by atoms with Crippen molar-refractivity contribution in [2.75, 3.05) is 21.9 Å². The predicted molar refractivity (Wildman–Crippen MR) is 92.6 cm³/mol. The molecule has 1 aliphatic heterocycles. The van der Waals surface area contributed by atoms with Crippen molar-refractivity contribution in [3.05, 3.63) is 42.1 Å². The molecule has 1 amide bonds. The molecule has 126 valence electrons. The number of pyridine rings is 1. The van der Waals surface area contributed by atoms with Crippen molar-refractivity contribution in [3.8, 4) is 0 Å². The van der Waals surface area contributed by atoms with E-state index in [1.54, 1.807) is 18.2 Å². The lowest BCUT2D eigenvalue weighted by Crippen LogP contribution is -2.13. The Labute approximate surface area is 140 Å². The molecule has 3 rings (SSSR count). The Hall–Kier alpha value is -2.61. The van der Waals surface area contributed by atoms with E-state index in [0.717, 1.165) is 13.0 Å². The van der Waals surface area contributed by atoms with Gasteiger partial charge < -0.3 is 10.6 Å². The van der Waals surface area contributed by atoms with Gasteiger partial charge in [-0.05, 0) is 42.3 Å². The fraction of sp³-hybridized carbons (Fsp3) is 0.250. The van der Waals surface area contributed by atoms with E-state index < -0.39 is 10.0 Å². The van der Waals surface area contributed by atoms with E-state index in [9.17, 15) is 13.2 Å². The monoisotopic (exact) mass is 346 g/mol. The minimum Gasteiger partial charge on any atom is -0.370 e. The van der Waals surface area contributed by atoms with E-state index in [1.165, 1.54) is 18.3 Å². The van der Waals surface area contributed by atoms with Crippen LogP contribution in [-0.2, 0) is 21.2 Å². The number of aromatic nitrogens is 1. The summed E-state index contributed by atoms with van der Waals surface area (Å²) in [6.07, 6.45) is 2.64. The van der Waals surface area contributed by atoms with Gasteiger partial charge in [0.25, 0.3) is 10.0 Å². The molecule has 0 saturated heterocycles. The topological polar surface area (TPSA) is 100 Å². The molecule has 1 aromatic heterocycles. The third kappa shape index (κ3) is 3.48. The minimum atomic E-state index is -3.73. The number of carbonyl (C=O) groups is 1. The molecular formula is C16H18N4O3S. The molecule has 8 heteroatoms. The molecule has 0 aliphatic carbocycles. The lowest BCUT2D eigenvalue weighted by Gasteiger charge is -2.10. The van der Waals surface area contributed by atoms with E-state index in [2.05, 4.69) is 27.3 Å². The van der Waals surface area contributed by atoms with E-state index >= 15 is 0 Å². The van der Waals surface area contributed by atoms with Crippen molar-refractivity contribution >= 4 is 33.1 Å². The zero-order valence-corrected chi connectivity index (χ0v) is 14.0. The first-order chi connectivity index (χ1) is 11.5. The van der Waals surface area contributed by atoms with Gasteiger partial charge in [-0.1, -0.05) is 6.92 Å². The van der Waals surface area contributed by atoms with Crippen LogP contribution in [-0.4, -0.2) is 25.9 Å². The van der Waals surface area contributed by atoms with Crippen molar-refractivity contribution in [1.29, 1.82) is 0 Å². The molecule has 2 heterocycles. The maximum absolute atomic E-state index is 12.5. The van der Waals surface area contributed by atoms with Crippen molar-refractivity contribution < 1.29 is 13.2 Å². The molecule has 0 saturated carbocycles. The third-order valence-corrected chi connectivity index (χ3v) is 4.96. The highest BCUT2D eigenvalue weighted by Gasteiger charge is 2.21. The summed E-state index contributed by atoms with van der Waals surface area (Å²) in [5, 5.41) is 5.80. The van der Waals surface area contributed by atoms with Crippen molar-refractivity contribution in [2.45, 2.75) is 24.7 Å². The SMILES string of the molecule is CCCNc1ccc(NS(=O)(=O)c2ccc3c(c2)CC(=O)N3)cn1. The number of benzene rings is 1. The van der Waals surface area contributed by atoms with E-state index in [1.807, 2.05) is 0 Å². The van der Waals surface area contributed by atoms with Crippen LogP contribution in [0.5, 0.6) is 0 Å². The number of rotatable bonds is 6. The predicted octanol–water partition coefficient (Wildman–Crippen LogP) is 2.20. The average molecular weight is 346 g/mol. The Morgan fingerprint density at radius 1 is 1.25 bits per heavy atom. The molecule has 1 aromatic carbocycles. The van der Waals surface area contributed by atoms with E-state index in [0.29, 0.717) is 22.8 Å². The van der Waals surface area contributed by atoms with Gasteiger partial charge in [-0.25, -0.2) is 13.4 Å². The standard InChI is InChI=1S/C16H18N4O3S/c1-2-7-17-15-6-3-12(10-18-15)20-24(22,23)13-4-5-14-11(8-13)9-16(21)19-14/h3-6,8,10,20H,2,7,9H2,1H3,(H,17,18)(H,19,21). The summed E-state index contributed by atoms with van der Waals surface area (Å²) in [4.78, 5) is 15.7. The van der Waals surface area contributed by atoms with Gasteiger partial charge in [-0.2, -0.15) is 0 Å². The number of hydrogen-bond donors (Lipinski definition) is 3. The van der Waals surface area contributed by atoms with Gasteiger partial charge in [0.1, 0.15) is 5.82 Å². The second-order valence-electron chi connectivity index (χ2n) is 5.51. The molecule has 0 bridgehead atoms. The van der Waals surface area contributed by atoms with Crippen molar-refractivity contribution in [3.63, 3.8) is 0 Å². The number of nitrogens with one attached hydrogen (secondary N) is 3. The zero-order valence-electron chi connectivity index (χ0n) is 13.2. The number of sulfonamides is 1. The van der Waals surface area contributed by atoms with Gasteiger partial charge in [0, 0.05) is 12.2 Å². The van der Waals surface area contributed by atoms with Gasteiger partial charge >= 0.3 is 0 Å². The Morgan fingerprint density at radius 2 is 2.08 bits per heavy atom. The van der Waals surface area contributed by atoms with Gasteiger partial charge in [-0.15, -0.1) is 0 Å². The van der Waals surface area contributed by atoms with Crippen LogP contribution in [0, 0.1) is 0 Å². The number of anilines is 3. The maximum Gasteiger partial charge on any atom is 0.261 e. The Kier molecular flexibility index (Phi) is 4.39. The maximum atomic E-state index is 12.5. The van der Waals surface area contributed by atoms with Crippen LogP contribution < -0.4 is 15.4 Å². The first kappa shape index (κ1) is 16.3. The number of nitrogens with zero attached hydrogens (tertiary/aromatic N) is 1. The van der Waals surface area contributed by atoms with Crippen LogP contribution in [0.1, 0.15) is 18.9 Å². The normalized spacial score (nSPS) is 13.3. The van der Waals surface area contributed by atoms with Crippen LogP contribution in [0.2, 0.25) is 0 Å². The van der Waals surface area contributed by atoms with Gasteiger partial charge in [0.05, 0.1) is 23.2 Å². The highest BCUT2D eigenvalue weighted by atomic mass is 32.2. The molecule has 0 radical (unpaired) electrons. The first-order valence-corrected chi connectivity index (χ1v) is 9.12. The largest absolute Gasteiger partial charge is 0.370 e. The molecule has 24 heavy (non-hydrogen) atoms. The fourth-order valence-corrected chi connectivity index (χ4v) is 3.49. The van der Waals surface area contributed by atoms with Gasteiger partial charge in [0.15, 0.2) is 0 Å². The molecule has 7 nitrogen and oxygen atoms in total. The highest BCUT2D eigenvalue weighted by molar-refractivity contribution is 7.92. The molecule has 0 unspecified atom stereocenters. The number of carbonyl (C=O) groups excluding carboxylic acids is 1. The molecule has 0 fully saturated rings. The van der Waals surface area contributed by atoms with Crippen LogP contribution in [0.4, 0.5) is 17.2 Å². The molecule has 0 spiro atoms. The zero-order chi connectivity index (χ0) is 17.2. The molecule has 0 atom stereocenters. The summed E-state index contributed by atoms with van der Waals surface area (Å²) in [7, 11) is -3.73. The van der Waals surface area contributed by atoms with E-state index in [4.69, 9.17) is 0 Å². The smallest absolute Gasteiger partial charge is 0.261 e. The average Bonchev–Trinajstić information content (AvgIpc) is 2.93. The summed E-state index contributed by atoms with van der Waals surface area (Å²) in [6, 6.07) is 7.96. The van der Waals surface area contributed by atoms with E-state index in [-0.39, 0.29) is 17.2 Å². The van der Waals surface area contributed by atoms with Crippen LogP contribution in [0.15, 0.2) is 41.4 Å². The lowest BCUT2D eigenvalue weighted by molar-refractivity contribution is -0.115. The molecule has 3 N–H and O–H groups in total. The summed E-state index contributed by atoms with van der Waals surface area (Å²) < 4.78 is 27.5. The fourth-order valence-electron chi connectivity index (χ4n) is 2.40. The molecule has 1 aliphatic rings. The second kappa shape index (κ2) is 6.48. The Bertz CT molecular complexity index is 863. The van der Waals surface area contributed by atoms with Gasteiger partial charge in [-0.3, -0.25) is 9.52 Å². The van der Waals surface area contributed by atoms with Crippen LogP contribution in [0.25, 0.3) is 0 Å². The first-order valence-electron chi connectivity index (χ1n) is 7.63.